The molecule has 0 saturated carbocycles. The molecule has 1 rings (SSSR count). The number of hydrogen-bond donors (Lipinski definition) is 1. The van der Waals surface area contributed by atoms with Crippen LogP contribution in [0.15, 0.2) is 12.1 Å². The molecule has 1 N–H and O–H groups in total. The number of hydrogen-bond acceptors (Lipinski definition) is 3. The van der Waals surface area contributed by atoms with Gasteiger partial charge in [-0.15, -0.1) is 0 Å². The van der Waals surface area contributed by atoms with Crippen LogP contribution in [0.5, 0.6) is 11.5 Å². The lowest BCUT2D eigenvalue weighted by atomic mass is 10.2. The summed E-state index contributed by atoms with van der Waals surface area (Å²) < 4.78 is 17.5. The number of benzene rings is 1. The summed E-state index contributed by atoms with van der Waals surface area (Å²) >= 11 is 0. The minimum atomic E-state index is -0.918. The summed E-state index contributed by atoms with van der Waals surface area (Å²) in [6, 6.07) is 3.92. The average Bonchev–Trinajstić information content (AvgIpc) is 2.09. The van der Waals surface area contributed by atoms with E-state index < -0.39 is 11.6 Å². The van der Waals surface area contributed by atoms with Crippen molar-refractivity contribution in [3.8, 4) is 17.6 Å². The van der Waals surface area contributed by atoms with Crippen LogP contribution in [0.25, 0.3) is 0 Å². The molecule has 0 aromatic heterocycles. The molecule has 0 spiro atoms. The fourth-order valence-electron chi connectivity index (χ4n) is 0.783. The third-order valence-electron chi connectivity index (χ3n) is 1.38. The van der Waals surface area contributed by atoms with E-state index in [4.69, 9.17) is 15.1 Å². The molecular formula is C8H6FNO2. The summed E-state index contributed by atoms with van der Waals surface area (Å²) in [6.07, 6.45) is 0. The van der Waals surface area contributed by atoms with Crippen molar-refractivity contribution in [1.29, 1.82) is 5.26 Å². The van der Waals surface area contributed by atoms with E-state index in [0.717, 1.165) is 6.07 Å². The lowest BCUT2D eigenvalue weighted by Crippen LogP contribution is -1.88. The summed E-state index contributed by atoms with van der Waals surface area (Å²) in [7, 11) is 1.37. The van der Waals surface area contributed by atoms with Crippen LogP contribution >= 0.6 is 0 Å². The van der Waals surface area contributed by atoms with Gasteiger partial charge in [0.15, 0.2) is 11.6 Å². The predicted molar refractivity (Wildman–Crippen MR) is 39.3 cm³/mol. The molecule has 1 aromatic rings. The van der Waals surface area contributed by atoms with Crippen molar-refractivity contribution in [2.45, 2.75) is 0 Å². The van der Waals surface area contributed by atoms with Gasteiger partial charge in [-0.25, -0.2) is 4.39 Å². The first-order valence-corrected chi connectivity index (χ1v) is 3.15. The Bertz CT molecular complexity index is 344. The van der Waals surface area contributed by atoms with E-state index in [9.17, 15) is 4.39 Å². The van der Waals surface area contributed by atoms with E-state index in [-0.39, 0.29) is 11.3 Å². The van der Waals surface area contributed by atoms with Crippen LogP contribution in [-0.2, 0) is 0 Å². The second-order valence-corrected chi connectivity index (χ2v) is 2.12. The number of nitriles is 1. The molecule has 3 nitrogen and oxygen atoms in total. The van der Waals surface area contributed by atoms with Gasteiger partial charge in [0.2, 0.25) is 0 Å². The number of phenolic OH excluding ortho intramolecular Hbond substituents is 1. The number of methoxy groups -OCH3 is 1. The first kappa shape index (κ1) is 8.34. The smallest absolute Gasteiger partial charge is 0.182 e. The molecule has 1 aromatic carbocycles. The first-order valence-electron chi connectivity index (χ1n) is 3.15. The monoisotopic (exact) mass is 167 g/mol. The molecule has 0 aliphatic carbocycles. The molecule has 0 unspecified atom stereocenters. The largest absolute Gasteiger partial charge is 0.505 e. The highest BCUT2D eigenvalue weighted by Gasteiger charge is 2.09. The zero-order valence-electron chi connectivity index (χ0n) is 6.34. The lowest BCUT2D eigenvalue weighted by molar-refractivity contribution is 0.396. The molecule has 0 heterocycles. The number of ether oxygens (including phenoxy) is 1. The van der Waals surface area contributed by atoms with Crippen LogP contribution in [0.4, 0.5) is 4.39 Å². The normalized spacial score (nSPS) is 9.08. The third-order valence-corrected chi connectivity index (χ3v) is 1.38. The van der Waals surface area contributed by atoms with Crippen LogP contribution < -0.4 is 4.74 Å². The number of halogens is 1. The molecule has 0 amide bonds. The Balaban J connectivity index is 3.31. The molecular weight excluding hydrogens is 161 g/mol. The van der Waals surface area contributed by atoms with Crippen molar-refractivity contribution >= 4 is 0 Å². The van der Waals surface area contributed by atoms with Gasteiger partial charge in [0.25, 0.3) is 0 Å². The van der Waals surface area contributed by atoms with Crippen molar-refractivity contribution < 1.29 is 14.2 Å². The number of phenols is 1. The fraction of sp³-hybridized carbons (Fsp3) is 0.125. The SMILES string of the molecule is COc1cc(O)c(F)c(C#N)c1. The Morgan fingerprint density at radius 2 is 2.25 bits per heavy atom. The molecule has 62 valence electrons. The van der Waals surface area contributed by atoms with Gasteiger partial charge in [0.1, 0.15) is 11.8 Å². The summed E-state index contributed by atoms with van der Waals surface area (Å²) in [5, 5.41) is 17.3. The maximum Gasteiger partial charge on any atom is 0.182 e. The number of nitrogens with zero attached hydrogens (tertiary/aromatic N) is 1. The fourth-order valence-corrected chi connectivity index (χ4v) is 0.783. The molecule has 0 fully saturated rings. The van der Waals surface area contributed by atoms with E-state index in [1.54, 1.807) is 6.07 Å². The first-order chi connectivity index (χ1) is 5.69. The Labute approximate surface area is 68.6 Å². The van der Waals surface area contributed by atoms with E-state index in [2.05, 4.69) is 0 Å². The van der Waals surface area contributed by atoms with Gasteiger partial charge in [0.05, 0.1) is 12.7 Å². The predicted octanol–water partition coefficient (Wildman–Crippen LogP) is 1.41. The summed E-state index contributed by atoms with van der Waals surface area (Å²) in [5.41, 5.74) is -0.230. The average molecular weight is 167 g/mol. The van der Waals surface area contributed by atoms with Gasteiger partial charge in [-0.05, 0) is 0 Å². The van der Waals surface area contributed by atoms with Crippen molar-refractivity contribution in [2.75, 3.05) is 7.11 Å². The van der Waals surface area contributed by atoms with E-state index in [1.807, 2.05) is 0 Å². The standard InChI is InChI=1S/C8H6FNO2/c1-12-6-2-5(4-10)8(9)7(11)3-6/h2-3,11H,1H3. The van der Waals surface area contributed by atoms with Crippen LogP contribution in [0.3, 0.4) is 0 Å². The zero-order valence-corrected chi connectivity index (χ0v) is 6.34. The van der Waals surface area contributed by atoms with Crippen LogP contribution in [0.2, 0.25) is 0 Å². The van der Waals surface area contributed by atoms with E-state index in [0.29, 0.717) is 0 Å². The van der Waals surface area contributed by atoms with Gasteiger partial charge in [0, 0.05) is 12.1 Å². The summed E-state index contributed by atoms with van der Waals surface area (Å²) in [6.45, 7) is 0. The Morgan fingerprint density at radius 1 is 1.58 bits per heavy atom. The van der Waals surface area contributed by atoms with Crippen molar-refractivity contribution in [1.82, 2.24) is 0 Å². The third kappa shape index (κ3) is 1.30. The highest BCUT2D eigenvalue weighted by molar-refractivity contribution is 5.44. The Hall–Kier alpha value is -1.76. The van der Waals surface area contributed by atoms with Gasteiger partial charge in [-0.2, -0.15) is 5.26 Å². The Kier molecular flexibility index (Phi) is 2.15. The molecule has 0 atom stereocenters. The quantitative estimate of drug-likeness (QED) is 0.688. The Morgan fingerprint density at radius 3 is 2.75 bits per heavy atom. The number of aromatic hydroxyl groups is 1. The maximum atomic E-state index is 12.8. The lowest BCUT2D eigenvalue weighted by Gasteiger charge is -2.01. The summed E-state index contributed by atoms with van der Waals surface area (Å²) in [5.74, 6) is -1.24. The van der Waals surface area contributed by atoms with Crippen molar-refractivity contribution in [2.24, 2.45) is 0 Å². The minimum absolute atomic E-state index is 0.230. The second-order valence-electron chi connectivity index (χ2n) is 2.12. The molecule has 0 saturated heterocycles. The minimum Gasteiger partial charge on any atom is -0.505 e. The molecule has 0 aliphatic rings. The zero-order chi connectivity index (χ0) is 9.14. The maximum absolute atomic E-state index is 12.8. The van der Waals surface area contributed by atoms with Gasteiger partial charge in [-0.1, -0.05) is 0 Å². The van der Waals surface area contributed by atoms with Gasteiger partial charge in [-0.3, -0.25) is 0 Å². The molecule has 0 bridgehead atoms. The van der Waals surface area contributed by atoms with E-state index >= 15 is 0 Å². The van der Waals surface area contributed by atoms with Crippen LogP contribution in [0.1, 0.15) is 5.56 Å². The van der Waals surface area contributed by atoms with Crippen LogP contribution in [-0.4, -0.2) is 12.2 Å². The second kappa shape index (κ2) is 3.09. The molecule has 0 radical (unpaired) electrons. The van der Waals surface area contributed by atoms with Gasteiger partial charge < -0.3 is 9.84 Å². The topological polar surface area (TPSA) is 53.2 Å². The van der Waals surface area contributed by atoms with E-state index in [1.165, 1.54) is 13.2 Å². The van der Waals surface area contributed by atoms with Crippen LogP contribution in [0, 0.1) is 17.1 Å². The highest BCUT2D eigenvalue weighted by atomic mass is 19.1. The summed E-state index contributed by atoms with van der Waals surface area (Å²) in [4.78, 5) is 0. The van der Waals surface area contributed by atoms with Gasteiger partial charge >= 0.3 is 0 Å². The molecule has 0 aliphatic heterocycles. The number of rotatable bonds is 1. The van der Waals surface area contributed by atoms with Crippen molar-refractivity contribution in [3.05, 3.63) is 23.5 Å². The van der Waals surface area contributed by atoms with Crippen molar-refractivity contribution in [3.63, 3.8) is 0 Å². The highest BCUT2D eigenvalue weighted by Crippen LogP contribution is 2.25. The molecule has 4 heteroatoms. The molecule has 12 heavy (non-hydrogen) atoms.